The maximum Gasteiger partial charge on any atom is 0.129 e. The molecule has 0 fully saturated rings. The van der Waals surface area contributed by atoms with Gasteiger partial charge in [0, 0.05) is 12.4 Å². The van der Waals surface area contributed by atoms with Gasteiger partial charge in [0.05, 0.1) is 7.11 Å². The molecule has 2 rings (SSSR count). The molecule has 0 spiro atoms. The minimum Gasteiger partial charge on any atom is -0.497 e. The predicted molar refractivity (Wildman–Crippen MR) is 65.5 cm³/mol. The zero-order valence-electron chi connectivity index (χ0n) is 9.90. The number of ether oxygens (including phenoxy) is 1. The molecule has 0 radical (unpaired) electrons. The van der Waals surface area contributed by atoms with Crippen LogP contribution >= 0.6 is 0 Å². The summed E-state index contributed by atoms with van der Waals surface area (Å²) < 4.78 is 5.18. The fraction of sp³-hybridized carbons (Fsp3) is 0.250. The second kappa shape index (κ2) is 4.99. The molecule has 4 N–H and O–H groups in total. The van der Waals surface area contributed by atoms with Crippen LogP contribution in [0.4, 0.5) is 0 Å². The van der Waals surface area contributed by atoms with Gasteiger partial charge in [-0.3, -0.25) is 5.84 Å². The van der Waals surface area contributed by atoms with Crippen LogP contribution < -0.4 is 16.0 Å². The molecule has 0 aliphatic carbocycles. The molecule has 0 saturated heterocycles. The SMILES string of the molecule is COc1ccc(C(NN)c2ncc[nH]2)c(C)c1. The van der Waals surface area contributed by atoms with Gasteiger partial charge in [0.2, 0.25) is 0 Å². The average Bonchev–Trinajstić information content (AvgIpc) is 2.85. The van der Waals surface area contributed by atoms with E-state index < -0.39 is 0 Å². The van der Waals surface area contributed by atoms with Gasteiger partial charge in [-0.25, -0.2) is 10.4 Å². The lowest BCUT2D eigenvalue weighted by molar-refractivity contribution is 0.414. The van der Waals surface area contributed by atoms with E-state index in [1.54, 1.807) is 19.5 Å². The Bertz CT molecular complexity index is 481. The van der Waals surface area contributed by atoms with Crippen molar-refractivity contribution in [1.82, 2.24) is 15.4 Å². The third-order valence-corrected chi connectivity index (χ3v) is 2.75. The van der Waals surface area contributed by atoms with Crippen molar-refractivity contribution in [3.05, 3.63) is 47.5 Å². The van der Waals surface area contributed by atoms with E-state index in [1.165, 1.54) is 0 Å². The van der Waals surface area contributed by atoms with Crippen molar-refractivity contribution >= 4 is 0 Å². The molecule has 0 aliphatic heterocycles. The number of nitrogens with one attached hydrogen (secondary N) is 2. The van der Waals surface area contributed by atoms with E-state index in [1.807, 2.05) is 25.1 Å². The predicted octanol–water partition coefficient (Wildman–Crippen LogP) is 1.28. The Kier molecular flexibility index (Phi) is 3.41. The van der Waals surface area contributed by atoms with Crippen LogP contribution in [0.15, 0.2) is 30.6 Å². The lowest BCUT2D eigenvalue weighted by atomic mass is 10.0. The Hall–Kier alpha value is -1.85. The number of benzene rings is 1. The van der Waals surface area contributed by atoms with Crippen LogP contribution in [-0.4, -0.2) is 17.1 Å². The first-order valence-corrected chi connectivity index (χ1v) is 5.36. The maximum absolute atomic E-state index is 5.59. The summed E-state index contributed by atoms with van der Waals surface area (Å²) in [5, 5.41) is 0. The zero-order valence-corrected chi connectivity index (χ0v) is 9.90. The summed E-state index contributed by atoms with van der Waals surface area (Å²) in [4.78, 5) is 7.28. The van der Waals surface area contributed by atoms with Crippen molar-refractivity contribution in [1.29, 1.82) is 0 Å². The van der Waals surface area contributed by atoms with Crippen LogP contribution in [0.5, 0.6) is 5.75 Å². The normalized spacial score (nSPS) is 12.4. The van der Waals surface area contributed by atoms with Crippen molar-refractivity contribution in [2.45, 2.75) is 13.0 Å². The Morgan fingerprint density at radius 2 is 2.29 bits per heavy atom. The minimum absolute atomic E-state index is 0.143. The third kappa shape index (κ3) is 2.30. The zero-order chi connectivity index (χ0) is 12.3. The highest BCUT2D eigenvalue weighted by Crippen LogP contribution is 2.25. The number of aryl methyl sites for hydroxylation is 1. The molecule has 0 amide bonds. The van der Waals surface area contributed by atoms with Crippen molar-refractivity contribution in [3.8, 4) is 5.75 Å². The highest BCUT2D eigenvalue weighted by atomic mass is 16.5. The van der Waals surface area contributed by atoms with Gasteiger partial charge < -0.3 is 9.72 Å². The van der Waals surface area contributed by atoms with Gasteiger partial charge in [-0.1, -0.05) is 6.07 Å². The quantitative estimate of drug-likeness (QED) is 0.548. The Balaban J connectivity index is 2.38. The van der Waals surface area contributed by atoms with Gasteiger partial charge >= 0.3 is 0 Å². The molecule has 1 atom stereocenters. The van der Waals surface area contributed by atoms with E-state index >= 15 is 0 Å². The molecule has 0 saturated carbocycles. The molecule has 17 heavy (non-hydrogen) atoms. The van der Waals surface area contributed by atoms with E-state index in [0.717, 1.165) is 22.7 Å². The molecular formula is C12H16N4O. The third-order valence-electron chi connectivity index (χ3n) is 2.75. The molecule has 1 aromatic heterocycles. The molecule has 0 aliphatic rings. The molecule has 90 valence electrons. The van der Waals surface area contributed by atoms with Crippen LogP contribution in [0, 0.1) is 6.92 Å². The Morgan fingerprint density at radius 3 is 2.82 bits per heavy atom. The number of imidazole rings is 1. The number of nitrogens with two attached hydrogens (primary N) is 1. The summed E-state index contributed by atoms with van der Waals surface area (Å²) in [6, 6.07) is 5.73. The van der Waals surface area contributed by atoms with Crippen LogP contribution in [0.3, 0.4) is 0 Å². The molecule has 5 heteroatoms. The standard InChI is InChI=1S/C12H16N4O/c1-8-7-9(17-2)3-4-10(8)11(16-13)12-14-5-6-15-12/h3-7,11,16H,13H2,1-2H3,(H,14,15). The summed E-state index contributed by atoms with van der Waals surface area (Å²) in [6.07, 6.45) is 3.48. The number of methoxy groups -OCH3 is 1. The van der Waals surface area contributed by atoms with Crippen molar-refractivity contribution in [2.24, 2.45) is 5.84 Å². The van der Waals surface area contributed by atoms with Gasteiger partial charge in [0.1, 0.15) is 17.6 Å². The second-order valence-electron chi connectivity index (χ2n) is 3.80. The van der Waals surface area contributed by atoms with Crippen molar-refractivity contribution < 1.29 is 4.74 Å². The Morgan fingerprint density at radius 1 is 1.47 bits per heavy atom. The van der Waals surface area contributed by atoms with Gasteiger partial charge in [0.15, 0.2) is 0 Å². The molecule has 0 bridgehead atoms. The van der Waals surface area contributed by atoms with E-state index in [0.29, 0.717) is 0 Å². The lowest BCUT2D eigenvalue weighted by Gasteiger charge is -2.17. The van der Waals surface area contributed by atoms with Gasteiger partial charge in [0.25, 0.3) is 0 Å². The molecule has 5 nitrogen and oxygen atoms in total. The van der Waals surface area contributed by atoms with E-state index in [-0.39, 0.29) is 6.04 Å². The summed E-state index contributed by atoms with van der Waals surface area (Å²) in [7, 11) is 1.65. The summed E-state index contributed by atoms with van der Waals surface area (Å²) in [5.41, 5.74) is 4.94. The smallest absolute Gasteiger partial charge is 0.129 e. The first-order valence-electron chi connectivity index (χ1n) is 5.36. The second-order valence-corrected chi connectivity index (χ2v) is 3.80. The maximum atomic E-state index is 5.59. The highest BCUT2D eigenvalue weighted by molar-refractivity contribution is 5.38. The number of aromatic nitrogens is 2. The van der Waals surface area contributed by atoms with Gasteiger partial charge in [-0.05, 0) is 30.2 Å². The van der Waals surface area contributed by atoms with Gasteiger partial charge in [-0.15, -0.1) is 0 Å². The fourth-order valence-electron chi connectivity index (χ4n) is 1.85. The first-order chi connectivity index (χ1) is 8.26. The topological polar surface area (TPSA) is 76.0 Å². The summed E-state index contributed by atoms with van der Waals surface area (Å²) >= 11 is 0. The van der Waals surface area contributed by atoms with E-state index in [9.17, 15) is 0 Å². The fourth-order valence-corrected chi connectivity index (χ4v) is 1.85. The number of H-pyrrole nitrogens is 1. The molecule has 2 aromatic rings. The number of nitrogens with zero attached hydrogens (tertiary/aromatic N) is 1. The summed E-state index contributed by atoms with van der Waals surface area (Å²) in [6.45, 7) is 2.02. The van der Waals surface area contributed by atoms with Crippen molar-refractivity contribution in [3.63, 3.8) is 0 Å². The average molecular weight is 232 g/mol. The molecule has 1 heterocycles. The minimum atomic E-state index is -0.143. The number of rotatable bonds is 4. The van der Waals surface area contributed by atoms with Gasteiger partial charge in [-0.2, -0.15) is 0 Å². The van der Waals surface area contributed by atoms with Crippen molar-refractivity contribution in [2.75, 3.05) is 7.11 Å². The monoisotopic (exact) mass is 232 g/mol. The van der Waals surface area contributed by atoms with Crippen LogP contribution in [0.1, 0.15) is 23.0 Å². The summed E-state index contributed by atoms with van der Waals surface area (Å²) in [5.74, 6) is 7.22. The largest absolute Gasteiger partial charge is 0.497 e. The Labute approximate surface area is 100.0 Å². The first kappa shape index (κ1) is 11.6. The van der Waals surface area contributed by atoms with Crippen LogP contribution in [-0.2, 0) is 0 Å². The number of hydrogen-bond donors (Lipinski definition) is 3. The lowest BCUT2D eigenvalue weighted by Crippen LogP contribution is -2.30. The number of aromatic amines is 1. The highest BCUT2D eigenvalue weighted by Gasteiger charge is 2.16. The van der Waals surface area contributed by atoms with Crippen LogP contribution in [0.25, 0.3) is 0 Å². The molecule has 1 aromatic carbocycles. The molecular weight excluding hydrogens is 216 g/mol. The van der Waals surface area contributed by atoms with E-state index in [2.05, 4.69) is 15.4 Å². The van der Waals surface area contributed by atoms with Crippen LogP contribution in [0.2, 0.25) is 0 Å². The van der Waals surface area contributed by atoms with E-state index in [4.69, 9.17) is 10.6 Å². The molecule has 1 unspecified atom stereocenters. The number of hydrazine groups is 1. The number of hydrogen-bond acceptors (Lipinski definition) is 4.